The van der Waals surface area contributed by atoms with Crippen molar-refractivity contribution in [3.8, 4) is 5.75 Å². The van der Waals surface area contributed by atoms with Crippen molar-refractivity contribution in [1.29, 1.82) is 0 Å². The zero-order chi connectivity index (χ0) is 17.0. The molecule has 0 radical (unpaired) electrons. The van der Waals surface area contributed by atoms with Gasteiger partial charge >= 0.3 is 0 Å². The van der Waals surface area contributed by atoms with E-state index in [1.807, 2.05) is 30.3 Å². The van der Waals surface area contributed by atoms with E-state index in [1.54, 1.807) is 6.20 Å². The molecule has 2 heterocycles. The highest BCUT2D eigenvalue weighted by Gasteiger charge is 2.27. The zero-order valence-corrected chi connectivity index (χ0v) is 14.1. The van der Waals surface area contributed by atoms with Crippen LogP contribution in [0, 0.1) is 0 Å². The minimum Gasteiger partial charge on any atom is -0.494 e. The van der Waals surface area contributed by atoms with Gasteiger partial charge in [0.2, 0.25) is 16.0 Å². The van der Waals surface area contributed by atoms with E-state index in [0.29, 0.717) is 31.7 Å². The highest BCUT2D eigenvalue weighted by molar-refractivity contribution is 7.89. The van der Waals surface area contributed by atoms with Crippen LogP contribution < -0.4 is 10.5 Å². The summed E-state index contributed by atoms with van der Waals surface area (Å²) in [6.45, 7) is 1.06. The number of aromatic nitrogens is 2. The lowest BCUT2D eigenvalue weighted by molar-refractivity contribution is 0.315. The fraction of sp³-hybridized carbons (Fsp3) is 0.375. The van der Waals surface area contributed by atoms with Crippen LogP contribution >= 0.6 is 0 Å². The first-order valence-electron chi connectivity index (χ1n) is 7.80. The normalized spacial score (nSPS) is 15.0. The van der Waals surface area contributed by atoms with E-state index < -0.39 is 10.0 Å². The number of para-hydroxylation sites is 1. The standard InChI is InChI=1S/C16H20N4O3S/c17-16-18-11-13-7-8-20(12-15(13)19-16)24(21,22)10-4-9-23-14-5-2-1-3-6-14/h1-3,5-6,11H,4,7-10,12H2,(H2,17,18,19). The van der Waals surface area contributed by atoms with Crippen molar-refractivity contribution >= 4 is 16.0 Å². The van der Waals surface area contributed by atoms with Gasteiger partial charge in [-0.15, -0.1) is 0 Å². The lowest BCUT2D eigenvalue weighted by Gasteiger charge is -2.27. The number of nitrogens with two attached hydrogens (primary N) is 1. The molecule has 2 aromatic rings. The number of hydrogen-bond donors (Lipinski definition) is 1. The Morgan fingerprint density at radius 1 is 1.25 bits per heavy atom. The fourth-order valence-electron chi connectivity index (χ4n) is 2.61. The van der Waals surface area contributed by atoms with E-state index in [9.17, 15) is 8.42 Å². The number of fused-ring (bicyclic) bond motifs is 1. The Balaban J connectivity index is 1.54. The number of hydrogen-bond acceptors (Lipinski definition) is 6. The van der Waals surface area contributed by atoms with E-state index in [-0.39, 0.29) is 18.2 Å². The van der Waals surface area contributed by atoms with Crippen molar-refractivity contribution in [2.75, 3.05) is 24.6 Å². The second-order valence-electron chi connectivity index (χ2n) is 5.61. The first-order chi connectivity index (χ1) is 11.5. The van der Waals surface area contributed by atoms with Crippen LogP contribution in [-0.2, 0) is 23.0 Å². The summed E-state index contributed by atoms with van der Waals surface area (Å²) in [6.07, 6.45) is 2.72. The third kappa shape index (κ3) is 4.01. The summed E-state index contributed by atoms with van der Waals surface area (Å²) in [4.78, 5) is 8.10. The molecule has 0 aliphatic carbocycles. The molecule has 2 N–H and O–H groups in total. The number of benzene rings is 1. The smallest absolute Gasteiger partial charge is 0.220 e. The molecule has 0 fully saturated rings. The van der Waals surface area contributed by atoms with Crippen LogP contribution in [0.15, 0.2) is 36.5 Å². The Hall–Kier alpha value is -2.19. The molecular weight excluding hydrogens is 328 g/mol. The number of nitrogens with zero attached hydrogens (tertiary/aromatic N) is 3. The second-order valence-corrected chi connectivity index (χ2v) is 7.70. The molecule has 0 amide bonds. The van der Waals surface area contributed by atoms with Gasteiger partial charge in [-0.3, -0.25) is 0 Å². The average molecular weight is 348 g/mol. The van der Waals surface area contributed by atoms with Gasteiger partial charge in [-0.2, -0.15) is 4.31 Å². The maximum Gasteiger partial charge on any atom is 0.220 e. The topological polar surface area (TPSA) is 98.4 Å². The third-order valence-electron chi connectivity index (χ3n) is 3.88. The van der Waals surface area contributed by atoms with Gasteiger partial charge in [0, 0.05) is 12.7 Å². The van der Waals surface area contributed by atoms with E-state index >= 15 is 0 Å². The summed E-state index contributed by atoms with van der Waals surface area (Å²) in [5, 5.41) is 0. The summed E-state index contributed by atoms with van der Waals surface area (Å²) in [5.74, 6) is 0.966. The van der Waals surface area contributed by atoms with Crippen LogP contribution in [0.5, 0.6) is 5.75 Å². The SMILES string of the molecule is Nc1ncc2c(n1)CN(S(=O)(=O)CCCOc1ccccc1)CC2. The summed E-state index contributed by atoms with van der Waals surface area (Å²) < 4.78 is 32.0. The van der Waals surface area contributed by atoms with Gasteiger partial charge in [-0.25, -0.2) is 18.4 Å². The van der Waals surface area contributed by atoms with E-state index in [2.05, 4.69) is 9.97 Å². The Morgan fingerprint density at radius 2 is 2.04 bits per heavy atom. The van der Waals surface area contributed by atoms with Gasteiger partial charge in [-0.1, -0.05) is 18.2 Å². The van der Waals surface area contributed by atoms with Gasteiger partial charge in [0.05, 0.1) is 24.6 Å². The van der Waals surface area contributed by atoms with Crippen LogP contribution in [0.3, 0.4) is 0 Å². The van der Waals surface area contributed by atoms with Crippen LogP contribution in [0.2, 0.25) is 0 Å². The highest BCUT2D eigenvalue weighted by Crippen LogP contribution is 2.20. The Bertz CT molecular complexity index is 796. The largest absolute Gasteiger partial charge is 0.494 e. The van der Waals surface area contributed by atoms with Gasteiger partial charge in [0.15, 0.2) is 0 Å². The quantitative estimate of drug-likeness (QED) is 0.788. The minimum atomic E-state index is -3.34. The molecule has 3 rings (SSSR count). The number of sulfonamides is 1. The van der Waals surface area contributed by atoms with Crippen molar-refractivity contribution in [2.45, 2.75) is 19.4 Å². The maximum atomic E-state index is 12.5. The molecule has 1 aromatic carbocycles. The van der Waals surface area contributed by atoms with Crippen molar-refractivity contribution in [3.05, 3.63) is 47.8 Å². The Kier molecular flexibility index (Phi) is 4.96. The molecule has 1 aromatic heterocycles. The van der Waals surface area contributed by atoms with E-state index in [1.165, 1.54) is 4.31 Å². The van der Waals surface area contributed by atoms with Crippen molar-refractivity contribution in [3.63, 3.8) is 0 Å². The molecule has 0 spiro atoms. The highest BCUT2D eigenvalue weighted by atomic mass is 32.2. The molecule has 0 saturated carbocycles. The second kappa shape index (κ2) is 7.14. The fourth-order valence-corrected chi connectivity index (χ4v) is 4.04. The Labute approximate surface area is 141 Å². The number of ether oxygens (including phenoxy) is 1. The first kappa shape index (κ1) is 16.7. The predicted molar refractivity (Wildman–Crippen MR) is 90.9 cm³/mol. The van der Waals surface area contributed by atoms with E-state index in [4.69, 9.17) is 10.5 Å². The van der Waals surface area contributed by atoms with Crippen LogP contribution in [0.4, 0.5) is 5.95 Å². The van der Waals surface area contributed by atoms with Gasteiger partial charge in [0.25, 0.3) is 0 Å². The van der Waals surface area contributed by atoms with E-state index in [0.717, 1.165) is 11.3 Å². The third-order valence-corrected chi connectivity index (χ3v) is 5.78. The molecule has 0 atom stereocenters. The zero-order valence-electron chi connectivity index (χ0n) is 13.3. The molecule has 24 heavy (non-hydrogen) atoms. The Morgan fingerprint density at radius 3 is 2.83 bits per heavy atom. The van der Waals surface area contributed by atoms with Crippen LogP contribution in [0.25, 0.3) is 0 Å². The molecule has 1 aliphatic heterocycles. The molecule has 0 unspecified atom stereocenters. The lowest BCUT2D eigenvalue weighted by Crippen LogP contribution is -2.38. The minimum absolute atomic E-state index is 0.0513. The number of nitrogen functional groups attached to an aromatic ring is 1. The molecule has 7 nitrogen and oxygen atoms in total. The van der Waals surface area contributed by atoms with Gasteiger partial charge in [0.1, 0.15) is 5.75 Å². The summed E-state index contributed by atoms with van der Waals surface area (Å²) >= 11 is 0. The summed E-state index contributed by atoms with van der Waals surface area (Å²) in [7, 11) is -3.34. The first-order valence-corrected chi connectivity index (χ1v) is 9.41. The maximum absolute atomic E-state index is 12.5. The van der Waals surface area contributed by atoms with Crippen molar-refractivity contribution in [2.24, 2.45) is 0 Å². The molecule has 0 bridgehead atoms. The lowest BCUT2D eigenvalue weighted by atomic mass is 10.1. The monoisotopic (exact) mass is 348 g/mol. The van der Waals surface area contributed by atoms with Crippen molar-refractivity contribution in [1.82, 2.24) is 14.3 Å². The molecular formula is C16H20N4O3S. The molecule has 1 aliphatic rings. The number of anilines is 1. The average Bonchev–Trinajstić information content (AvgIpc) is 2.59. The summed E-state index contributed by atoms with van der Waals surface area (Å²) in [5.41, 5.74) is 7.24. The van der Waals surface area contributed by atoms with Crippen LogP contribution in [-0.4, -0.2) is 41.6 Å². The van der Waals surface area contributed by atoms with Gasteiger partial charge in [-0.05, 0) is 30.5 Å². The molecule has 8 heteroatoms. The molecule has 128 valence electrons. The summed E-state index contributed by atoms with van der Waals surface area (Å²) in [6, 6.07) is 9.36. The van der Waals surface area contributed by atoms with Crippen LogP contribution in [0.1, 0.15) is 17.7 Å². The van der Waals surface area contributed by atoms with Crippen molar-refractivity contribution < 1.29 is 13.2 Å². The molecule has 0 saturated heterocycles. The van der Waals surface area contributed by atoms with Gasteiger partial charge < -0.3 is 10.5 Å². The number of rotatable bonds is 6. The predicted octanol–water partition coefficient (Wildman–Crippen LogP) is 1.22.